The summed E-state index contributed by atoms with van der Waals surface area (Å²) in [5, 5.41) is 17.8. The zero-order valence-corrected chi connectivity index (χ0v) is 22.4. The summed E-state index contributed by atoms with van der Waals surface area (Å²) in [6, 6.07) is 0. The summed E-state index contributed by atoms with van der Waals surface area (Å²) in [5.41, 5.74) is 0. The van der Waals surface area contributed by atoms with Crippen molar-refractivity contribution in [3.8, 4) is 0 Å². The molecule has 2 N–H and O–H groups in total. The zero-order chi connectivity index (χ0) is 20.0. The van der Waals surface area contributed by atoms with E-state index in [-0.39, 0.29) is 52.8 Å². The van der Waals surface area contributed by atoms with Crippen LogP contribution in [0, 0.1) is 0 Å². The number of unbranched alkanes of at least 4 members (excludes halogenated alkanes) is 19. The molecule has 28 heavy (non-hydrogen) atoms. The number of aliphatic hydroxyl groups is 1. The van der Waals surface area contributed by atoms with Crippen molar-refractivity contribution in [1.82, 2.24) is 0 Å². The molecular weight excluding hydrogens is 375 g/mol. The third-order valence-corrected chi connectivity index (χ3v) is 5.62. The molecule has 0 fully saturated rings. The van der Waals surface area contributed by atoms with Crippen LogP contribution in [0.1, 0.15) is 143 Å². The monoisotopic (exact) mass is 424 g/mol. The average Bonchev–Trinajstić information content (AvgIpc) is 2.66. The SMILES string of the molecule is CCCCCCCCCCCCCCCCCCCCCCC(O)C(=O)O.[H-].[K+]. The average molecular weight is 425 g/mol. The van der Waals surface area contributed by atoms with Crippen LogP contribution in [0.4, 0.5) is 0 Å². The number of carboxylic acids is 1. The smallest absolute Gasteiger partial charge is 1.00 e. The molecule has 0 aromatic carbocycles. The van der Waals surface area contributed by atoms with Gasteiger partial charge >= 0.3 is 57.4 Å². The fraction of sp³-hybridized carbons (Fsp3) is 0.958. The molecule has 0 aliphatic heterocycles. The van der Waals surface area contributed by atoms with Gasteiger partial charge in [-0.1, -0.05) is 135 Å². The van der Waals surface area contributed by atoms with Crippen LogP contribution in [0.5, 0.6) is 0 Å². The van der Waals surface area contributed by atoms with Gasteiger partial charge in [-0.3, -0.25) is 0 Å². The summed E-state index contributed by atoms with van der Waals surface area (Å²) in [5.74, 6) is -1.09. The summed E-state index contributed by atoms with van der Waals surface area (Å²) in [7, 11) is 0. The summed E-state index contributed by atoms with van der Waals surface area (Å²) >= 11 is 0. The molecule has 0 spiro atoms. The Bertz CT molecular complexity index is 317. The second-order valence-corrected chi connectivity index (χ2v) is 8.36. The van der Waals surface area contributed by atoms with Crippen molar-refractivity contribution in [3.05, 3.63) is 0 Å². The molecular formula is C24H49KO3. The molecule has 0 aromatic rings. The molecule has 0 aliphatic carbocycles. The van der Waals surface area contributed by atoms with Crippen molar-refractivity contribution in [2.24, 2.45) is 0 Å². The van der Waals surface area contributed by atoms with Crippen LogP contribution in [-0.4, -0.2) is 22.3 Å². The maximum atomic E-state index is 10.5. The molecule has 1 atom stereocenters. The van der Waals surface area contributed by atoms with Crippen molar-refractivity contribution >= 4 is 5.97 Å². The van der Waals surface area contributed by atoms with E-state index in [1.165, 1.54) is 116 Å². The minimum atomic E-state index is -1.17. The normalized spacial score (nSPS) is 11.9. The predicted molar refractivity (Wildman–Crippen MR) is 117 cm³/mol. The Labute approximate surface area is 219 Å². The summed E-state index contributed by atoms with van der Waals surface area (Å²) in [6.07, 6.45) is 26.1. The van der Waals surface area contributed by atoms with Gasteiger partial charge in [0.15, 0.2) is 6.10 Å². The van der Waals surface area contributed by atoms with Crippen LogP contribution >= 0.6 is 0 Å². The van der Waals surface area contributed by atoms with E-state index >= 15 is 0 Å². The summed E-state index contributed by atoms with van der Waals surface area (Å²) in [6.45, 7) is 2.28. The summed E-state index contributed by atoms with van der Waals surface area (Å²) < 4.78 is 0. The molecule has 0 aromatic heterocycles. The zero-order valence-electron chi connectivity index (χ0n) is 20.2. The van der Waals surface area contributed by atoms with Gasteiger partial charge in [0.25, 0.3) is 0 Å². The van der Waals surface area contributed by atoms with Gasteiger partial charge < -0.3 is 11.6 Å². The molecule has 0 heterocycles. The first-order valence-electron chi connectivity index (χ1n) is 12.1. The molecule has 0 bridgehead atoms. The number of carboxylic acid groups (broad SMARTS) is 1. The molecule has 0 rings (SSSR count). The maximum absolute atomic E-state index is 10.5. The van der Waals surface area contributed by atoms with Gasteiger partial charge in [-0.15, -0.1) is 0 Å². The van der Waals surface area contributed by atoms with Gasteiger partial charge in [0.1, 0.15) is 0 Å². The number of carbonyl (C=O) groups is 1. The van der Waals surface area contributed by atoms with Crippen LogP contribution in [0.3, 0.4) is 0 Å². The van der Waals surface area contributed by atoms with Crippen LogP contribution in [0.2, 0.25) is 0 Å². The number of rotatable bonds is 22. The van der Waals surface area contributed by atoms with Crippen molar-refractivity contribution in [1.29, 1.82) is 0 Å². The minimum Gasteiger partial charge on any atom is -1.00 e. The van der Waals surface area contributed by atoms with Crippen LogP contribution < -0.4 is 51.4 Å². The van der Waals surface area contributed by atoms with Gasteiger partial charge in [0.2, 0.25) is 0 Å². The van der Waals surface area contributed by atoms with Crippen molar-refractivity contribution < 1.29 is 67.8 Å². The Kier molecular flexibility index (Phi) is 29.1. The largest absolute Gasteiger partial charge is 1.00 e. The standard InChI is InChI=1S/C24H48O3.K.H/c1-2-3-4-5-6-7-8-9-10-11-12-13-14-15-16-17-18-19-20-21-22-23(25)24(26)27;;/h23,25H,2-22H2,1H3,(H,26,27);;/q;+1;-1. The van der Waals surface area contributed by atoms with Gasteiger partial charge in [0, 0.05) is 0 Å². The quantitative estimate of drug-likeness (QED) is 0.195. The van der Waals surface area contributed by atoms with Crippen molar-refractivity contribution in [2.75, 3.05) is 0 Å². The van der Waals surface area contributed by atoms with Gasteiger partial charge in [-0.05, 0) is 6.42 Å². The Morgan fingerprint density at radius 2 is 0.857 bits per heavy atom. The van der Waals surface area contributed by atoms with Crippen molar-refractivity contribution in [3.63, 3.8) is 0 Å². The second kappa shape index (κ2) is 26.1. The van der Waals surface area contributed by atoms with Crippen LogP contribution in [-0.2, 0) is 4.79 Å². The molecule has 4 heteroatoms. The molecule has 164 valence electrons. The number of hydrogen-bond acceptors (Lipinski definition) is 2. The fourth-order valence-corrected chi connectivity index (χ4v) is 3.72. The summed E-state index contributed by atoms with van der Waals surface area (Å²) in [4.78, 5) is 10.5. The fourth-order valence-electron chi connectivity index (χ4n) is 3.72. The third kappa shape index (κ3) is 25.1. The Balaban J connectivity index is -0.00000338. The first kappa shape index (κ1) is 31.3. The van der Waals surface area contributed by atoms with Gasteiger partial charge in [0.05, 0.1) is 0 Å². The van der Waals surface area contributed by atoms with E-state index in [1.807, 2.05) is 0 Å². The second-order valence-electron chi connectivity index (χ2n) is 8.36. The first-order valence-corrected chi connectivity index (χ1v) is 12.1. The molecule has 0 amide bonds. The van der Waals surface area contributed by atoms with E-state index in [2.05, 4.69) is 6.92 Å². The van der Waals surface area contributed by atoms with E-state index in [0.29, 0.717) is 6.42 Å². The Morgan fingerprint density at radius 1 is 0.607 bits per heavy atom. The van der Waals surface area contributed by atoms with E-state index in [4.69, 9.17) is 5.11 Å². The van der Waals surface area contributed by atoms with Crippen LogP contribution in [0.25, 0.3) is 0 Å². The van der Waals surface area contributed by atoms with E-state index < -0.39 is 12.1 Å². The Hall–Kier alpha value is 1.07. The maximum Gasteiger partial charge on any atom is 1.00 e. The van der Waals surface area contributed by atoms with E-state index in [0.717, 1.165) is 12.8 Å². The predicted octanol–water partition coefficient (Wildman–Crippen LogP) is 4.76. The molecule has 0 radical (unpaired) electrons. The molecule has 0 saturated heterocycles. The van der Waals surface area contributed by atoms with E-state index in [9.17, 15) is 9.90 Å². The van der Waals surface area contributed by atoms with Crippen molar-refractivity contribution in [2.45, 2.75) is 148 Å². The van der Waals surface area contributed by atoms with Gasteiger partial charge in [-0.2, -0.15) is 0 Å². The molecule has 0 aliphatic rings. The topological polar surface area (TPSA) is 57.5 Å². The van der Waals surface area contributed by atoms with E-state index in [1.54, 1.807) is 0 Å². The first-order chi connectivity index (χ1) is 13.2. The number of aliphatic hydroxyl groups excluding tert-OH is 1. The Morgan fingerprint density at radius 3 is 1.11 bits per heavy atom. The van der Waals surface area contributed by atoms with Gasteiger partial charge in [-0.25, -0.2) is 4.79 Å². The molecule has 3 nitrogen and oxygen atoms in total. The molecule has 1 unspecified atom stereocenters. The number of hydrogen-bond donors (Lipinski definition) is 2. The number of aliphatic carboxylic acids is 1. The van der Waals surface area contributed by atoms with Crippen LogP contribution in [0.15, 0.2) is 0 Å². The third-order valence-electron chi connectivity index (χ3n) is 5.62. The molecule has 0 saturated carbocycles. The minimum absolute atomic E-state index is 0.